The molecule has 5 nitrogen and oxygen atoms in total. The zero-order valence-electron chi connectivity index (χ0n) is 10.3. The van der Waals surface area contributed by atoms with Gasteiger partial charge < -0.3 is 4.57 Å². The second-order valence-electron chi connectivity index (χ2n) is 4.56. The minimum Gasteiger partial charge on any atom is -0.340 e. The molecule has 0 amide bonds. The van der Waals surface area contributed by atoms with Crippen LogP contribution in [0.4, 0.5) is 5.69 Å². The van der Waals surface area contributed by atoms with Gasteiger partial charge in [0, 0.05) is 35.2 Å². The number of ketones is 1. The maximum Gasteiger partial charge on any atom is 0.270 e. The summed E-state index contributed by atoms with van der Waals surface area (Å²) >= 11 is 0. The molecule has 0 atom stereocenters. The van der Waals surface area contributed by atoms with Crippen molar-refractivity contribution in [2.24, 2.45) is 5.92 Å². The van der Waals surface area contributed by atoms with Crippen LogP contribution in [0.25, 0.3) is 10.9 Å². The Morgan fingerprint density at radius 3 is 2.72 bits per heavy atom. The van der Waals surface area contributed by atoms with Crippen molar-refractivity contribution in [3.05, 3.63) is 40.6 Å². The highest BCUT2D eigenvalue weighted by molar-refractivity contribution is 5.86. The molecule has 0 aliphatic heterocycles. The first kappa shape index (κ1) is 12.3. The van der Waals surface area contributed by atoms with Crippen molar-refractivity contribution in [3.8, 4) is 0 Å². The molecule has 0 N–H and O–H groups in total. The highest BCUT2D eigenvalue weighted by Crippen LogP contribution is 2.22. The van der Waals surface area contributed by atoms with Gasteiger partial charge in [0.15, 0.2) is 5.78 Å². The van der Waals surface area contributed by atoms with Crippen LogP contribution in [0.5, 0.6) is 0 Å². The van der Waals surface area contributed by atoms with Crippen LogP contribution in [-0.2, 0) is 11.3 Å². The Bertz CT molecular complexity index is 614. The van der Waals surface area contributed by atoms with Gasteiger partial charge in [-0.25, -0.2) is 0 Å². The lowest BCUT2D eigenvalue weighted by Crippen LogP contribution is -2.14. The molecule has 0 radical (unpaired) electrons. The zero-order valence-corrected chi connectivity index (χ0v) is 10.3. The summed E-state index contributed by atoms with van der Waals surface area (Å²) in [4.78, 5) is 21.9. The summed E-state index contributed by atoms with van der Waals surface area (Å²) < 4.78 is 1.82. The second kappa shape index (κ2) is 4.60. The Hall–Kier alpha value is -2.17. The highest BCUT2D eigenvalue weighted by Gasteiger charge is 2.12. The lowest BCUT2D eigenvalue weighted by molar-refractivity contribution is -0.384. The molecule has 0 bridgehead atoms. The number of hydrogen-bond donors (Lipinski definition) is 0. The molecular formula is C13H14N2O3. The van der Waals surface area contributed by atoms with E-state index < -0.39 is 4.92 Å². The highest BCUT2D eigenvalue weighted by atomic mass is 16.6. The number of nitro groups is 1. The van der Waals surface area contributed by atoms with E-state index in [1.54, 1.807) is 18.3 Å². The van der Waals surface area contributed by atoms with Crippen molar-refractivity contribution in [3.63, 3.8) is 0 Å². The summed E-state index contributed by atoms with van der Waals surface area (Å²) in [5.41, 5.74) is 0.907. The second-order valence-corrected chi connectivity index (χ2v) is 4.56. The molecule has 0 saturated carbocycles. The molecule has 5 heteroatoms. The third-order valence-electron chi connectivity index (χ3n) is 2.94. The van der Waals surface area contributed by atoms with Crippen molar-refractivity contribution in [1.82, 2.24) is 4.57 Å². The van der Waals surface area contributed by atoms with Gasteiger partial charge in [0.2, 0.25) is 0 Å². The normalized spacial score (nSPS) is 11.1. The first-order valence-electron chi connectivity index (χ1n) is 5.75. The third-order valence-corrected chi connectivity index (χ3v) is 2.94. The maximum absolute atomic E-state index is 11.7. The summed E-state index contributed by atoms with van der Waals surface area (Å²) in [6, 6.07) is 6.45. The number of carbonyl (C=O) groups excluding carboxylic acids is 1. The number of aromatic nitrogens is 1. The van der Waals surface area contributed by atoms with Gasteiger partial charge in [-0.05, 0) is 12.1 Å². The molecule has 2 rings (SSSR count). The summed E-state index contributed by atoms with van der Waals surface area (Å²) in [5.74, 6) is 0.131. The van der Waals surface area contributed by atoms with Gasteiger partial charge in [0.05, 0.1) is 11.5 Å². The largest absolute Gasteiger partial charge is 0.340 e. The average Bonchev–Trinajstić information content (AvgIpc) is 2.71. The van der Waals surface area contributed by atoms with Crippen LogP contribution < -0.4 is 0 Å². The predicted molar refractivity (Wildman–Crippen MR) is 68.4 cm³/mol. The van der Waals surface area contributed by atoms with E-state index in [-0.39, 0.29) is 17.4 Å². The number of hydrogen-bond acceptors (Lipinski definition) is 3. The number of benzene rings is 1. The molecule has 0 spiro atoms. The van der Waals surface area contributed by atoms with Crippen LogP contribution in [-0.4, -0.2) is 15.3 Å². The van der Waals surface area contributed by atoms with Gasteiger partial charge >= 0.3 is 0 Å². The molecule has 0 unspecified atom stereocenters. The number of carbonyl (C=O) groups is 1. The smallest absolute Gasteiger partial charge is 0.270 e. The number of fused-ring (bicyclic) bond motifs is 1. The fourth-order valence-corrected chi connectivity index (χ4v) is 1.79. The molecule has 94 valence electrons. The lowest BCUT2D eigenvalue weighted by atomic mass is 10.1. The van der Waals surface area contributed by atoms with Gasteiger partial charge in [0.25, 0.3) is 5.69 Å². The van der Waals surface area contributed by atoms with Crippen molar-refractivity contribution < 1.29 is 9.72 Å². The molecule has 0 aliphatic rings. The Balaban J connectivity index is 2.37. The van der Waals surface area contributed by atoms with E-state index in [1.165, 1.54) is 12.1 Å². The molecule has 0 aliphatic carbocycles. The number of rotatable bonds is 4. The van der Waals surface area contributed by atoms with E-state index in [1.807, 2.05) is 18.4 Å². The minimum atomic E-state index is -0.421. The van der Waals surface area contributed by atoms with Crippen LogP contribution >= 0.6 is 0 Å². The molecular weight excluding hydrogens is 232 g/mol. The van der Waals surface area contributed by atoms with E-state index >= 15 is 0 Å². The van der Waals surface area contributed by atoms with Crippen molar-refractivity contribution in [2.75, 3.05) is 0 Å². The van der Waals surface area contributed by atoms with Crippen molar-refractivity contribution in [2.45, 2.75) is 20.4 Å². The van der Waals surface area contributed by atoms with Crippen LogP contribution in [0.15, 0.2) is 30.5 Å². The van der Waals surface area contributed by atoms with Crippen molar-refractivity contribution in [1.29, 1.82) is 0 Å². The number of nitrogens with zero attached hydrogens (tertiary/aromatic N) is 2. The average molecular weight is 246 g/mol. The van der Waals surface area contributed by atoms with E-state index in [4.69, 9.17) is 0 Å². The Morgan fingerprint density at radius 2 is 2.11 bits per heavy atom. The molecule has 0 fully saturated rings. The van der Waals surface area contributed by atoms with Gasteiger partial charge in [-0.1, -0.05) is 13.8 Å². The van der Waals surface area contributed by atoms with Crippen LogP contribution in [0, 0.1) is 16.0 Å². The summed E-state index contributed by atoms with van der Waals surface area (Å²) in [5, 5.41) is 11.4. The summed E-state index contributed by atoms with van der Waals surface area (Å²) in [6.45, 7) is 4.02. The first-order chi connectivity index (χ1) is 8.49. The SMILES string of the molecule is CC(C)C(=O)Cn1ccc2cc([N+](=O)[O-])ccc21. The Morgan fingerprint density at radius 1 is 1.39 bits per heavy atom. The lowest BCUT2D eigenvalue weighted by Gasteiger charge is -2.06. The summed E-state index contributed by atoms with van der Waals surface area (Å²) in [6.07, 6.45) is 1.79. The van der Waals surface area contributed by atoms with Crippen LogP contribution in [0.2, 0.25) is 0 Å². The number of nitro benzene ring substituents is 1. The van der Waals surface area contributed by atoms with E-state index in [0.29, 0.717) is 6.54 Å². The van der Waals surface area contributed by atoms with Gasteiger partial charge in [0.1, 0.15) is 0 Å². The predicted octanol–water partition coefficient (Wildman–Crippen LogP) is 2.77. The topological polar surface area (TPSA) is 65.1 Å². The van der Waals surface area contributed by atoms with Crippen LogP contribution in [0.1, 0.15) is 13.8 Å². The van der Waals surface area contributed by atoms with Crippen molar-refractivity contribution >= 4 is 22.4 Å². The van der Waals surface area contributed by atoms with Gasteiger partial charge in [-0.2, -0.15) is 0 Å². The van der Waals surface area contributed by atoms with E-state index in [2.05, 4.69) is 0 Å². The fourth-order valence-electron chi connectivity index (χ4n) is 1.79. The molecule has 0 saturated heterocycles. The Kier molecular flexibility index (Phi) is 3.14. The molecule has 1 heterocycles. The molecule has 1 aromatic carbocycles. The number of non-ortho nitro benzene ring substituents is 1. The standard InChI is InChI=1S/C13H14N2O3/c1-9(2)13(16)8-14-6-5-10-7-11(15(17)18)3-4-12(10)14/h3-7,9H,8H2,1-2H3. The van der Waals surface area contributed by atoms with E-state index in [9.17, 15) is 14.9 Å². The van der Waals surface area contributed by atoms with Gasteiger partial charge in [-0.3, -0.25) is 14.9 Å². The van der Waals surface area contributed by atoms with E-state index in [0.717, 1.165) is 10.9 Å². The zero-order chi connectivity index (χ0) is 13.3. The summed E-state index contributed by atoms with van der Waals surface area (Å²) in [7, 11) is 0. The molecule has 2 aromatic rings. The Labute approximate surface area is 104 Å². The van der Waals surface area contributed by atoms with Crippen LogP contribution in [0.3, 0.4) is 0 Å². The molecule has 18 heavy (non-hydrogen) atoms. The minimum absolute atomic E-state index is 0.0134. The fraction of sp³-hybridized carbons (Fsp3) is 0.308. The maximum atomic E-state index is 11.7. The first-order valence-corrected chi connectivity index (χ1v) is 5.75. The quantitative estimate of drug-likeness (QED) is 0.615. The monoisotopic (exact) mass is 246 g/mol. The van der Waals surface area contributed by atoms with Gasteiger partial charge in [-0.15, -0.1) is 0 Å². The molecule has 1 aromatic heterocycles. The number of Topliss-reactive ketones (excluding diaryl/α,β-unsaturated/α-hetero) is 1. The third kappa shape index (κ3) is 2.25.